The molecular formula is C19H38N2. The largest absolute Gasteiger partial charge is 0.310 e. The Morgan fingerprint density at radius 3 is 2.24 bits per heavy atom. The molecule has 2 fully saturated rings. The van der Waals surface area contributed by atoms with Crippen molar-refractivity contribution in [2.75, 3.05) is 13.1 Å². The molecule has 1 heterocycles. The zero-order valence-electron chi connectivity index (χ0n) is 15.1. The molecule has 0 radical (unpaired) electrons. The van der Waals surface area contributed by atoms with E-state index >= 15 is 0 Å². The molecule has 2 aliphatic rings. The third-order valence-corrected chi connectivity index (χ3v) is 5.27. The first-order valence-corrected chi connectivity index (χ1v) is 9.33. The van der Waals surface area contributed by atoms with Crippen LogP contribution in [0, 0.1) is 11.3 Å². The Labute approximate surface area is 133 Å². The molecule has 21 heavy (non-hydrogen) atoms. The molecule has 0 aromatic heterocycles. The molecule has 0 aromatic rings. The van der Waals surface area contributed by atoms with E-state index in [1.54, 1.807) is 0 Å². The minimum Gasteiger partial charge on any atom is -0.310 e. The van der Waals surface area contributed by atoms with Crippen LogP contribution in [0.1, 0.15) is 79.6 Å². The standard InChI is InChI=1S/C19H38N2/c1-15(2)21-13-16(12-19(3,4)5)11-18(14-21)20-17-9-7-6-8-10-17/h15-18,20H,6-14H2,1-5H3. The molecule has 0 spiro atoms. The maximum absolute atomic E-state index is 4.02. The van der Waals surface area contributed by atoms with Gasteiger partial charge in [0, 0.05) is 31.2 Å². The topological polar surface area (TPSA) is 15.3 Å². The molecule has 1 aliphatic heterocycles. The first-order chi connectivity index (χ1) is 9.83. The fourth-order valence-corrected chi connectivity index (χ4v) is 4.40. The molecule has 1 N–H and O–H groups in total. The van der Waals surface area contributed by atoms with Crippen molar-refractivity contribution < 1.29 is 0 Å². The summed E-state index contributed by atoms with van der Waals surface area (Å²) in [5, 5.41) is 4.02. The summed E-state index contributed by atoms with van der Waals surface area (Å²) in [7, 11) is 0. The van der Waals surface area contributed by atoms with Crippen LogP contribution < -0.4 is 5.32 Å². The summed E-state index contributed by atoms with van der Waals surface area (Å²) in [6.07, 6.45) is 9.88. The molecule has 0 bridgehead atoms. The highest BCUT2D eigenvalue weighted by molar-refractivity contribution is 4.89. The summed E-state index contributed by atoms with van der Waals surface area (Å²) in [4.78, 5) is 2.71. The van der Waals surface area contributed by atoms with Gasteiger partial charge in [-0.2, -0.15) is 0 Å². The first-order valence-electron chi connectivity index (χ1n) is 9.33. The summed E-state index contributed by atoms with van der Waals surface area (Å²) < 4.78 is 0. The van der Waals surface area contributed by atoms with Crippen LogP contribution in [0.4, 0.5) is 0 Å². The van der Waals surface area contributed by atoms with Crippen molar-refractivity contribution in [3.63, 3.8) is 0 Å². The van der Waals surface area contributed by atoms with E-state index in [9.17, 15) is 0 Å². The van der Waals surface area contributed by atoms with Gasteiger partial charge in [-0.1, -0.05) is 40.0 Å². The highest BCUT2D eigenvalue weighted by atomic mass is 15.2. The normalized spacial score (nSPS) is 30.0. The lowest BCUT2D eigenvalue weighted by molar-refractivity contribution is 0.0837. The number of rotatable bonds is 4. The van der Waals surface area contributed by atoms with Gasteiger partial charge in [0.25, 0.3) is 0 Å². The van der Waals surface area contributed by atoms with Crippen molar-refractivity contribution in [2.24, 2.45) is 11.3 Å². The Hall–Kier alpha value is -0.0800. The van der Waals surface area contributed by atoms with Crippen molar-refractivity contribution in [1.29, 1.82) is 0 Å². The molecule has 1 aliphatic carbocycles. The predicted octanol–water partition coefficient (Wildman–Crippen LogP) is 4.44. The summed E-state index contributed by atoms with van der Waals surface area (Å²) in [6.45, 7) is 14.5. The molecule has 2 unspecified atom stereocenters. The van der Waals surface area contributed by atoms with Crippen molar-refractivity contribution in [2.45, 2.75) is 97.7 Å². The number of hydrogen-bond acceptors (Lipinski definition) is 2. The minimum absolute atomic E-state index is 0.458. The van der Waals surface area contributed by atoms with E-state index in [4.69, 9.17) is 0 Å². The van der Waals surface area contributed by atoms with Crippen LogP contribution in [-0.2, 0) is 0 Å². The number of piperidine rings is 1. The van der Waals surface area contributed by atoms with Crippen molar-refractivity contribution >= 4 is 0 Å². The zero-order chi connectivity index (χ0) is 15.5. The summed E-state index contributed by atoms with van der Waals surface area (Å²) in [5.74, 6) is 0.863. The number of nitrogens with zero attached hydrogens (tertiary/aromatic N) is 1. The zero-order valence-corrected chi connectivity index (χ0v) is 15.1. The smallest absolute Gasteiger partial charge is 0.0200 e. The lowest BCUT2D eigenvalue weighted by atomic mass is 9.79. The van der Waals surface area contributed by atoms with Gasteiger partial charge in [0.2, 0.25) is 0 Å². The van der Waals surface area contributed by atoms with E-state index in [-0.39, 0.29) is 0 Å². The van der Waals surface area contributed by atoms with Gasteiger partial charge in [0.1, 0.15) is 0 Å². The molecule has 124 valence electrons. The van der Waals surface area contributed by atoms with Crippen LogP contribution in [0.2, 0.25) is 0 Å². The van der Waals surface area contributed by atoms with Crippen LogP contribution in [0.3, 0.4) is 0 Å². The number of nitrogens with one attached hydrogen (secondary N) is 1. The van der Waals surface area contributed by atoms with Crippen LogP contribution in [-0.4, -0.2) is 36.1 Å². The second-order valence-corrected chi connectivity index (χ2v) is 9.11. The monoisotopic (exact) mass is 294 g/mol. The van der Waals surface area contributed by atoms with E-state index in [1.165, 1.54) is 58.0 Å². The Kier molecular flexibility index (Phi) is 6.14. The van der Waals surface area contributed by atoms with Crippen LogP contribution in [0.25, 0.3) is 0 Å². The molecule has 1 saturated heterocycles. The van der Waals surface area contributed by atoms with Crippen LogP contribution >= 0.6 is 0 Å². The molecule has 0 aromatic carbocycles. The van der Waals surface area contributed by atoms with Crippen molar-refractivity contribution in [1.82, 2.24) is 10.2 Å². The van der Waals surface area contributed by atoms with Gasteiger partial charge in [-0.3, -0.25) is 4.90 Å². The molecule has 1 saturated carbocycles. The maximum atomic E-state index is 4.02. The van der Waals surface area contributed by atoms with Gasteiger partial charge in [-0.15, -0.1) is 0 Å². The predicted molar refractivity (Wildman–Crippen MR) is 92.7 cm³/mol. The third kappa shape index (κ3) is 5.90. The number of likely N-dealkylation sites (tertiary alicyclic amines) is 1. The molecule has 2 rings (SSSR count). The van der Waals surface area contributed by atoms with Crippen molar-refractivity contribution in [3.8, 4) is 0 Å². The molecule has 2 atom stereocenters. The van der Waals surface area contributed by atoms with E-state index < -0.39 is 0 Å². The second kappa shape index (κ2) is 7.46. The van der Waals surface area contributed by atoms with Crippen LogP contribution in [0.5, 0.6) is 0 Å². The van der Waals surface area contributed by atoms with Gasteiger partial charge in [0.15, 0.2) is 0 Å². The van der Waals surface area contributed by atoms with Gasteiger partial charge in [-0.05, 0) is 50.9 Å². The lowest BCUT2D eigenvalue weighted by Gasteiger charge is -2.43. The Bertz CT molecular complexity index is 299. The van der Waals surface area contributed by atoms with Gasteiger partial charge in [0.05, 0.1) is 0 Å². The fourth-order valence-electron chi connectivity index (χ4n) is 4.40. The fraction of sp³-hybridized carbons (Fsp3) is 1.00. The van der Waals surface area contributed by atoms with Crippen molar-refractivity contribution in [3.05, 3.63) is 0 Å². The number of hydrogen-bond donors (Lipinski definition) is 1. The molecular weight excluding hydrogens is 256 g/mol. The lowest BCUT2D eigenvalue weighted by Crippen LogP contribution is -2.54. The Morgan fingerprint density at radius 1 is 1.00 bits per heavy atom. The van der Waals surface area contributed by atoms with E-state index in [2.05, 4.69) is 44.8 Å². The molecule has 0 amide bonds. The maximum Gasteiger partial charge on any atom is 0.0200 e. The summed E-state index contributed by atoms with van der Waals surface area (Å²) in [5.41, 5.74) is 0.458. The van der Waals surface area contributed by atoms with Gasteiger partial charge < -0.3 is 5.32 Å². The van der Waals surface area contributed by atoms with E-state index in [0.717, 1.165) is 18.0 Å². The van der Waals surface area contributed by atoms with Gasteiger partial charge in [-0.25, -0.2) is 0 Å². The summed E-state index contributed by atoms with van der Waals surface area (Å²) >= 11 is 0. The van der Waals surface area contributed by atoms with Gasteiger partial charge >= 0.3 is 0 Å². The highest BCUT2D eigenvalue weighted by Gasteiger charge is 2.32. The first kappa shape index (κ1) is 17.3. The van der Waals surface area contributed by atoms with E-state index in [1.807, 2.05) is 0 Å². The second-order valence-electron chi connectivity index (χ2n) is 9.11. The quantitative estimate of drug-likeness (QED) is 0.824. The Morgan fingerprint density at radius 2 is 1.67 bits per heavy atom. The third-order valence-electron chi connectivity index (χ3n) is 5.27. The summed E-state index contributed by atoms with van der Waals surface area (Å²) in [6, 6.07) is 2.20. The average Bonchev–Trinajstić information content (AvgIpc) is 2.37. The van der Waals surface area contributed by atoms with Crippen LogP contribution in [0.15, 0.2) is 0 Å². The highest BCUT2D eigenvalue weighted by Crippen LogP contribution is 2.31. The molecule has 2 nitrogen and oxygen atoms in total. The minimum atomic E-state index is 0.458. The van der Waals surface area contributed by atoms with E-state index in [0.29, 0.717) is 11.5 Å². The average molecular weight is 295 g/mol. The SMILES string of the molecule is CC(C)N1CC(CC(C)(C)C)CC(NC2CCCCC2)C1. The Balaban J connectivity index is 1.92. The molecule has 2 heteroatoms.